The minimum atomic E-state index is -0.350. The number of hydrogen-bond donors (Lipinski definition) is 2. The lowest BCUT2D eigenvalue weighted by Gasteiger charge is -2.02. The Labute approximate surface area is 52.4 Å². The summed E-state index contributed by atoms with van der Waals surface area (Å²) >= 11 is 1.39. The van der Waals surface area contributed by atoms with Crippen LogP contribution in [0.5, 0.6) is 0 Å². The van der Waals surface area contributed by atoms with Crippen LogP contribution < -0.4 is 5.48 Å². The third-order valence-corrected chi connectivity index (χ3v) is 1.75. The van der Waals surface area contributed by atoms with E-state index in [1.165, 1.54) is 11.8 Å². The molecule has 0 saturated heterocycles. The van der Waals surface area contributed by atoms with Crippen LogP contribution in [0.3, 0.4) is 0 Å². The molecule has 8 heavy (non-hydrogen) atoms. The molecular weight excluding hydrogens is 126 g/mol. The van der Waals surface area contributed by atoms with E-state index in [0.29, 0.717) is 0 Å². The summed E-state index contributed by atoms with van der Waals surface area (Å²) in [4.78, 5) is 10.4. The second-order valence-electron chi connectivity index (χ2n) is 1.35. The minimum Gasteiger partial charge on any atom is -0.289 e. The maximum Gasteiger partial charge on any atom is 0.256 e. The maximum absolute atomic E-state index is 10.4. The van der Waals surface area contributed by atoms with E-state index in [9.17, 15) is 4.79 Å². The Morgan fingerprint density at radius 3 is 2.50 bits per heavy atom. The van der Waals surface area contributed by atoms with E-state index in [1.807, 2.05) is 0 Å². The zero-order valence-corrected chi connectivity index (χ0v) is 5.66. The third kappa shape index (κ3) is 2.18. The second-order valence-corrected chi connectivity index (χ2v) is 2.53. The molecule has 0 aromatic heterocycles. The van der Waals surface area contributed by atoms with Crippen LogP contribution in [-0.2, 0) is 4.79 Å². The van der Waals surface area contributed by atoms with Gasteiger partial charge in [-0.2, -0.15) is 11.8 Å². The van der Waals surface area contributed by atoms with E-state index in [2.05, 4.69) is 0 Å². The normalized spacial score (nSPS) is 12.9. The van der Waals surface area contributed by atoms with Crippen LogP contribution >= 0.6 is 11.8 Å². The molecule has 0 aliphatic carbocycles. The molecule has 2 N–H and O–H groups in total. The van der Waals surface area contributed by atoms with E-state index in [1.54, 1.807) is 18.7 Å². The van der Waals surface area contributed by atoms with E-state index in [4.69, 9.17) is 5.21 Å². The molecule has 0 heterocycles. The quantitative estimate of drug-likeness (QED) is 0.421. The average Bonchev–Trinajstić information content (AvgIpc) is 1.84. The van der Waals surface area contributed by atoms with Crippen LogP contribution in [0, 0.1) is 0 Å². The highest BCUT2D eigenvalue weighted by Gasteiger charge is 2.07. The summed E-state index contributed by atoms with van der Waals surface area (Å²) in [6.45, 7) is 1.72. The lowest BCUT2D eigenvalue weighted by atomic mass is 10.5. The van der Waals surface area contributed by atoms with Gasteiger partial charge in [0.15, 0.2) is 0 Å². The van der Waals surface area contributed by atoms with Crippen molar-refractivity contribution in [3.8, 4) is 0 Å². The fraction of sp³-hybridized carbons (Fsp3) is 0.750. The molecule has 1 amide bonds. The van der Waals surface area contributed by atoms with Gasteiger partial charge >= 0.3 is 0 Å². The summed E-state index contributed by atoms with van der Waals surface area (Å²) in [6, 6.07) is 0. The number of hydroxylamine groups is 1. The van der Waals surface area contributed by atoms with Gasteiger partial charge in [-0.15, -0.1) is 0 Å². The molecule has 0 saturated carbocycles. The molecule has 0 fully saturated rings. The van der Waals surface area contributed by atoms with E-state index in [-0.39, 0.29) is 11.2 Å². The molecule has 4 heteroatoms. The summed E-state index contributed by atoms with van der Waals surface area (Å²) in [5.41, 5.74) is 1.56. The summed E-state index contributed by atoms with van der Waals surface area (Å²) < 4.78 is 0. The lowest BCUT2D eigenvalue weighted by molar-refractivity contribution is -0.128. The van der Waals surface area contributed by atoms with Crippen molar-refractivity contribution < 1.29 is 10.0 Å². The fourth-order valence-electron chi connectivity index (χ4n) is 0.198. The van der Waals surface area contributed by atoms with Gasteiger partial charge in [-0.3, -0.25) is 10.0 Å². The van der Waals surface area contributed by atoms with Crippen molar-refractivity contribution in [1.82, 2.24) is 5.48 Å². The predicted octanol–water partition coefficient (Wildman–Crippen LogP) is 0.243. The van der Waals surface area contributed by atoms with Gasteiger partial charge in [-0.25, -0.2) is 5.48 Å². The summed E-state index contributed by atoms with van der Waals surface area (Å²) in [6.07, 6.45) is 1.81. The van der Waals surface area contributed by atoms with Crippen molar-refractivity contribution >= 4 is 17.7 Å². The number of rotatable bonds is 2. The first-order valence-electron chi connectivity index (χ1n) is 2.19. The van der Waals surface area contributed by atoms with E-state index in [0.717, 1.165) is 0 Å². The third-order valence-electron chi connectivity index (χ3n) is 0.833. The van der Waals surface area contributed by atoms with Crippen LogP contribution in [0.1, 0.15) is 6.92 Å². The molecule has 0 bridgehead atoms. The van der Waals surface area contributed by atoms with Crippen molar-refractivity contribution in [2.45, 2.75) is 12.2 Å². The highest BCUT2D eigenvalue weighted by molar-refractivity contribution is 7.99. The van der Waals surface area contributed by atoms with Crippen LogP contribution in [0.4, 0.5) is 0 Å². The highest BCUT2D eigenvalue weighted by Crippen LogP contribution is 2.02. The van der Waals surface area contributed by atoms with Gasteiger partial charge < -0.3 is 0 Å². The Morgan fingerprint density at radius 2 is 2.38 bits per heavy atom. The molecule has 48 valence electrons. The Hall–Kier alpha value is -0.220. The predicted molar refractivity (Wildman–Crippen MR) is 32.9 cm³/mol. The number of carbonyl (C=O) groups is 1. The lowest BCUT2D eigenvalue weighted by Crippen LogP contribution is -2.27. The molecule has 0 aromatic rings. The van der Waals surface area contributed by atoms with Crippen LogP contribution in [0.15, 0.2) is 0 Å². The van der Waals surface area contributed by atoms with Gasteiger partial charge in [0.05, 0.1) is 5.25 Å². The summed E-state index contributed by atoms with van der Waals surface area (Å²) in [7, 11) is 0. The number of amides is 1. The highest BCUT2D eigenvalue weighted by atomic mass is 32.2. The molecule has 1 unspecified atom stereocenters. The molecule has 0 rings (SSSR count). The molecule has 0 spiro atoms. The van der Waals surface area contributed by atoms with Crippen molar-refractivity contribution in [2.75, 3.05) is 6.26 Å². The van der Waals surface area contributed by atoms with Crippen LogP contribution in [-0.4, -0.2) is 22.6 Å². The van der Waals surface area contributed by atoms with Gasteiger partial charge in [-0.05, 0) is 13.2 Å². The Bertz CT molecular complexity index is 86.1. The van der Waals surface area contributed by atoms with Gasteiger partial charge in [0.25, 0.3) is 5.91 Å². The number of hydrogen-bond acceptors (Lipinski definition) is 3. The molecule has 0 radical (unpaired) electrons. The van der Waals surface area contributed by atoms with Gasteiger partial charge in [0.2, 0.25) is 0 Å². The Balaban J connectivity index is 3.46. The monoisotopic (exact) mass is 135 g/mol. The number of nitrogens with one attached hydrogen (secondary N) is 1. The first-order valence-corrected chi connectivity index (χ1v) is 3.48. The molecule has 3 nitrogen and oxygen atoms in total. The SMILES string of the molecule is CSC(C)C(=O)NO. The van der Waals surface area contributed by atoms with Gasteiger partial charge in [0, 0.05) is 0 Å². The largest absolute Gasteiger partial charge is 0.289 e. The zero-order chi connectivity index (χ0) is 6.57. The summed E-state index contributed by atoms with van der Waals surface area (Å²) in [5, 5.41) is 7.86. The summed E-state index contributed by atoms with van der Waals surface area (Å²) in [5.74, 6) is -0.350. The van der Waals surface area contributed by atoms with Gasteiger partial charge in [0.1, 0.15) is 0 Å². The number of carbonyl (C=O) groups excluding carboxylic acids is 1. The molecule has 0 aliphatic heterocycles. The standard InChI is InChI=1S/C4H9NO2S/c1-3(8-2)4(6)5-7/h3,7H,1-2H3,(H,5,6). The average molecular weight is 135 g/mol. The minimum absolute atomic E-state index is 0.167. The fourth-order valence-corrected chi connectivity index (χ4v) is 0.465. The van der Waals surface area contributed by atoms with E-state index >= 15 is 0 Å². The second kappa shape index (κ2) is 3.74. The van der Waals surface area contributed by atoms with Crippen molar-refractivity contribution in [1.29, 1.82) is 0 Å². The first-order chi connectivity index (χ1) is 3.72. The topological polar surface area (TPSA) is 49.3 Å². The molecule has 0 aliphatic rings. The van der Waals surface area contributed by atoms with Crippen molar-refractivity contribution in [3.63, 3.8) is 0 Å². The van der Waals surface area contributed by atoms with Crippen LogP contribution in [0.25, 0.3) is 0 Å². The Kier molecular flexibility index (Phi) is 3.64. The van der Waals surface area contributed by atoms with Gasteiger partial charge in [-0.1, -0.05) is 0 Å². The first kappa shape index (κ1) is 7.78. The van der Waals surface area contributed by atoms with Crippen molar-refractivity contribution in [2.24, 2.45) is 0 Å². The van der Waals surface area contributed by atoms with Crippen LogP contribution in [0.2, 0.25) is 0 Å². The van der Waals surface area contributed by atoms with Crippen molar-refractivity contribution in [3.05, 3.63) is 0 Å². The molecular formula is C4H9NO2S. The maximum atomic E-state index is 10.4. The van der Waals surface area contributed by atoms with E-state index < -0.39 is 0 Å². The Morgan fingerprint density at radius 1 is 1.88 bits per heavy atom. The molecule has 1 atom stereocenters. The molecule has 0 aromatic carbocycles. The number of thioether (sulfide) groups is 1. The zero-order valence-electron chi connectivity index (χ0n) is 4.84. The smallest absolute Gasteiger partial charge is 0.256 e.